The number of aromatic hydroxyl groups is 1. The van der Waals surface area contributed by atoms with Crippen LogP contribution in [0.2, 0.25) is 5.02 Å². The summed E-state index contributed by atoms with van der Waals surface area (Å²) in [5.74, 6) is -0.613. The van der Waals surface area contributed by atoms with Crippen LogP contribution in [0.5, 0.6) is 5.75 Å². The van der Waals surface area contributed by atoms with Crippen molar-refractivity contribution >= 4 is 51.5 Å². The van der Waals surface area contributed by atoms with E-state index >= 15 is 0 Å². The summed E-state index contributed by atoms with van der Waals surface area (Å²) < 4.78 is 21.6. The number of nitro groups is 1. The number of phenols is 1. The highest BCUT2D eigenvalue weighted by atomic mass is 35.5. The van der Waals surface area contributed by atoms with E-state index in [1.54, 1.807) is 17.5 Å². The highest BCUT2D eigenvalue weighted by Crippen LogP contribution is 2.33. The summed E-state index contributed by atoms with van der Waals surface area (Å²) in [5.41, 5.74) is 0.752. The second-order valence-corrected chi connectivity index (χ2v) is 8.56. The molecule has 0 unspecified atom stereocenters. The fraction of sp³-hybridized carbons (Fsp3) is 0. The number of hydrogen-bond acceptors (Lipinski definition) is 7. The van der Waals surface area contributed by atoms with E-state index in [1.807, 2.05) is 30.3 Å². The summed E-state index contributed by atoms with van der Waals surface area (Å²) in [6, 6.07) is 17.7. The highest BCUT2D eigenvalue weighted by Gasteiger charge is 2.18. The van der Waals surface area contributed by atoms with E-state index in [-0.39, 0.29) is 16.3 Å². The molecule has 0 saturated carbocycles. The van der Waals surface area contributed by atoms with Gasteiger partial charge < -0.3 is 9.52 Å². The maximum atomic E-state index is 14.3. The minimum absolute atomic E-state index is 0.0234. The Balaban J connectivity index is 1.69. The van der Waals surface area contributed by atoms with Gasteiger partial charge in [0.15, 0.2) is 5.76 Å². The molecule has 0 atom stereocenters. The zero-order chi connectivity index (χ0) is 24.5. The lowest BCUT2D eigenvalue weighted by Crippen LogP contribution is -2.11. The molecule has 3 aromatic carbocycles. The second-order valence-electron chi connectivity index (χ2n) is 7.29. The Hall–Kier alpha value is -4.28. The molecule has 2 aromatic heterocycles. The summed E-state index contributed by atoms with van der Waals surface area (Å²) >= 11 is 7.19. The first-order valence-corrected chi connectivity index (χ1v) is 11.4. The molecule has 0 amide bonds. The van der Waals surface area contributed by atoms with E-state index in [4.69, 9.17) is 16.0 Å². The van der Waals surface area contributed by atoms with Crippen LogP contribution in [0, 0.1) is 15.9 Å². The third kappa shape index (κ3) is 4.44. The normalized spacial score (nSPS) is 12.1. The quantitative estimate of drug-likeness (QED) is 0.166. The van der Waals surface area contributed by atoms with Crippen molar-refractivity contribution in [1.29, 1.82) is 0 Å². The lowest BCUT2D eigenvalue weighted by Gasteiger charge is -2.03. The van der Waals surface area contributed by atoms with Crippen LogP contribution in [0.25, 0.3) is 22.4 Å². The predicted octanol–water partition coefficient (Wildman–Crippen LogP) is 6.48. The van der Waals surface area contributed by atoms with E-state index in [0.29, 0.717) is 21.8 Å². The molecule has 11 heteroatoms. The maximum Gasteiger partial charge on any atom is 0.312 e. The van der Waals surface area contributed by atoms with Crippen LogP contribution in [0.1, 0.15) is 5.56 Å². The number of furan rings is 1. The van der Waals surface area contributed by atoms with Crippen LogP contribution in [0.15, 0.2) is 86.6 Å². The molecule has 0 aliphatic heterocycles. The summed E-state index contributed by atoms with van der Waals surface area (Å²) in [4.78, 5) is 15.2. The number of halogens is 2. The van der Waals surface area contributed by atoms with E-state index in [1.165, 1.54) is 40.4 Å². The zero-order valence-electron chi connectivity index (χ0n) is 17.6. The van der Waals surface area contributed by atoms with Crippen LogP contribution in [-0.2, 0) is 0 Å². The Morgan fingerprint density at radius 1 is 1.14 bits per heavy atom. The van der Waals surface area contributed by atoms with Gasteiger partial charge in [-0.25, -0.2) is 14.1 Å². The van der Waals surface area contributed by atoms with Gasteiger partial charge in [-0.3, -0.25) is 10.1 Å². The van der Waals surface area contributed by atoms with Crippen molar-refractivity contribution in [3.05, 3.63) is 103 Å². The molecule has 0 aliphatic carbocycles. The molecule has 0 bridgehead atoms. The topological polar surface area (TPSA) is 106 Å². The molecule has 0 radical (unpaired) electrons. The Morgan fingerprint density at radius 2 is 1.91 bits per heavy atom. The molecule has 2 heterocycles. The molecule has 5 aromatic rings. The van der Waals surface area contributed by atoms with Crippen LogP contribution in [0.3, 0.4) is 0 Å². The fourth-order valence-electron chi connectivity index (χ4n) is 3.38. The number of nitro benzene ring substituents is 1. The van der Waals surface area contributed by atoms with E-state index in [9.17, 15) is 19.6 Å². The van der Waals surface area contributed by atoms with Crippen molar-refractivity contribution in [2.75, 3.05) is 0 Å². The number of nitrogens with zero attached hydrogens (tertiary/aromatic N) is 4. The van der Waals surface area contributed by atoms with Gasteiger partial charge in [-0.2, -0.15) is 5.10 Å². The van der Waals surface area contributed by atoms with Gasteiger partial charge in [-0.1, -0.05) is 41.9 Å². The van der Waals surface area contributed by atoms with Crippen molar-refractivity contribution in [1.82, 2.24) is 4.68 Å². The van der Waals surface area contributed by atoms with Gasteiger partial charge in [0.05, 0.1) is 11.1 Å². The SMILES string of the molecule is O=[N+]([O-])c1cc(Cl)cc(C=Nn2c(-c3cc4ccccc4o3)csc2=Nc2ccccc2F)c1O. The third-order valence-electron chi connectivity index (χ3n) is 5.02. The number of rotatable bonds is 5. The number of benzene rings is 3. The first-order valence-electron chi connectivity index (χ1n) is 10.1. The summed E-state index contributed by atoms with van der Waals surface area (Å²) in [7, 11) is 0. The Bertz CT molecular complexity index is 1660. The first-order chi connectivity index (χ1) is 16.9. The Morgan fingerprint density at radius 3 is 2.69 bits per heavy atom. The largest absolute Gasteiger partial charge is 0.502 e. The maximum absolute atomic E-state index is 14.3. The molecule has 0 saturated heterocycles. The van der Waals surface area contributed by atoms with Gasteiger partial charge in [-0.05, 0) is 30.3 Å². The molecule has 5 rings (SSSR count). The first kappa shape index (κ1) is 22.5. The van der Waals surface area contributed by atoms with Gasteiger partial charge >= 0.3 is 5.69 Å². The molecule has 174 valence electrons. The van der Waals surface area contributed by atoms with Crippen LogP contribution in [0.4, 0.5) is 15.8 Å². The van der Waals surface area contributed by atoms with E-state index in [0.717, 1.165) is 11.5 Å². The van der Waals surface area contributed by atoms with Crippen molar-refractivity contribution in [3.63, 3.8) is 0 Å². The fourth-order valence-corrected chi connectivity index (χ4v) is 4.43. The van der Waals surface area contributed by atoms with E-state index < -0.39 is 22.2 Å². The van der Waals surface area contributed by atoms with Gasteiger partial charge in [0, 0.05) is 27.4 Å². The van der Waals surface area contributed by atoms with Crippen molar-refractivity contribution in [3.8, 4) is 17.2 Å². The third-order valence-corrected chi connectivity index (χ3v) is 6.06. The van der Waals surface area contributed by atoms with Crippen molar-refractivity contribution < 1.29 is 18.8 Å². The van der Waals surface area contributed by atoms with E-state index in [2.05, 4.69) is 10.1 Å². The lowest BCUT2D eigenvalue weighted by molar-refractivity contribution is -0.385. The van der Waals surface area contributed by atoms with Crippen LogP contribution < -0.4 is 4.80 Å². The molecule has 1 N–H and O–H groups in total. The zero-order valence-corrected chi connectivity index (χ0v) is 19.2. The molecule has 0 spiro atoms. The number of thiazole rings is 1. The standard InChI is InChI=1S/C24H14ClFN4O4S/c25-16-9-15(23(31)19(11-16)30(32)33)12-27-29-20(22-10-14-5-1-4-8-21(14)34-22)13-35-24(29)28-18-7-3-2-6-17(18)26/h1-13,31H. The summed E-state index contributed by atoms with van der Waals surface area (Å²) in [6.45, 7) is 0. The number of fused-ring (bicyclic) bond motifs is 1. The number of aromatic nitrogens is 1. The van der Waals surface area contributed by atoms with Crippen LogP contribution in [-0.4, -0.2) is 20.9 Å². The van der Waals surface area contributed by atoms with Crippen molar-refractivity contribution in [2.45, 2.75) is 0 Å². The molecule has 0 fully saturated rings. The smallest absolute Gasteiger partial charge is 0.312 e. The predicted molar refractivity (Wildman–Crippen MR) is 132 cm³/mol. The summed E-state index contributed by atoms with van der Waals surface area (Å²) in [6.07, 6.45) is 1.22. The van der Waals surface area contributed by atoms with Crippen molar-refractivity contribution in [2.24, 2.45) is 10.1 Å². The highest BCUT2D eigenvalue weighted by molar-refractivity contribution is 7.07. The summed E-state index contributed by atoms with van der Waals surface area (Å²) in [5, 5.41) is 28.7. The van der Waals surface area contributed by atoms with Gasteiger partial charge in [0.2, 0.25) is 10.6 Å². The molecular weight excluding hydrogens is 495 g/mol. The van der Waals surface area contributed by atoms with Gasteiger partial charge in [0.1, 0.15) is 22.8 Å². The molecule has 8 nitrogen and oxygen atoms in total. The Kier molecular flexibility index (Phi) is 5.89. The average molecular weight is 509 g/mol. The van der Waals surface area contributed by atoms with Gasteiger partial charge in [0.25, 0.3) is 0 Å². The Labute approximate surface area is 205 Å². The molecular formula is C24H14ClFN4O4S. The second kappa shape index (κ2) is 9.16. The minimum atomic E-state index is -0.741. The average Bonchev–Trinajstić information content (AvgIpc) is 3.44. The number of para-hydroxylation sites is 2. The molecule has 35 heavy (non-hydrogen) atoms. The monoisotopic (exact) mass is 508 g/mol. The van der Waals surface area contributed by atoms with Gasteiger partial charge in [-0.15, -0.1) is 11.3 Å². The number of hydrogen-bond donors (Lipinski definition) is 1. The number of phenolic OH excluding ortho intramolecular Hbond substituents is 1. The minimum Gasteiger partial charge on any atom is -0.502 e. The lowest BCUT2D eigenvalue weighted by atomic mass is 10.2. The molecule has 0 aliphatic rings. The van der Waals surface area contributed by atoms with Crippen LogP contribution >= 0.6 is 22.9 Å².